The Morgan fingerprint density at radius 1 is 1.00 bits per heavy atom. The van der Waals surface area contributed by atoms with Gasteiger partial charge in [0.2, 0.25) is 0 Å². The summed E-state index contributed by atoms with van der Waals surface area (Å²) in [5.74, 6) is 0. The van der Waals surface area contributed by atoms with Crippen molar-refractivity contribution in [2.45, 2.75) is 39.0 Å². The van der Waals surface area contributed by atoms with Gasteiger partial charge in [-0.2, -0.15) is 0 Å². The third-order valence-corrected chi connectivity index (χ3v) is 3.78. The molecule has 2 aromatic rings. The van der Waals surface area contributed by atoms with E-state index in [1.807, 2.05) is 12.3 Å². The van der Waals surface area contributed by atoms with Crippen LogP contribution in [-0.2, 0) is 18.3 Å². The molecule has 0 bridgehead atoms. The molecule has 0 radical (unpaired) electrons. The molecule has 0 spiro atoms. The third kappa shape index (κ3) is 1.84. The summed E-state index contributed by atoms with van der Waals surface area (Å²) in [5.41, 5.74) is 6.98. The number of hydrogen-bond donors (Lipinski definition) is 0. The van der Waals surface area contributed by atoms with Crippen LogP contribution < -0.4 is 0 Å². The van der Waals surface area contributed by atoms with Crippen LogP contribution >= 0.6 is 0 Å². The minimum Gasteiger partial charge on any atom is -0.256 e. The first-order valence-corrected chi connectivity index (χ1v) is 6.63. The van der Waals surface area contributed by atoms with Gasteiger partial charge < -0.3 is 0 Å². The summed E-state index contributed by atoms with van der Waals surface area (Å²) in [7, 11) is 0. The number of aromatic nitrogens is 1. The predicted octanol–water partition coefficient (Wildman–Crippen LogP) is 4.14. The number of pyridine rings is 1. The zero-order chi connectivity index (χ0) is 12.8. The van der Waals surface area contributed by atoms with Crippen LogP contribution in [0.4, 0.5) is 0 Å². The predicted molar refractivity (Wildman–Crippen MR) is 75.8 cm³/mol. The maximum Gasteiger partial charge on any atom is 0.0736 e. The molecule has 1 aliphatic rings. The van der Waals surface area contributed by atoms with E-state index in [4.69, 9.17) is 0 Å². The van der Waals surface area contributed by atoms with E-state index in [9.17, 15) is 0 Å². The highest BCUT2D eigenvalue weighted by atomic mass is 14.7. The fourth-order valence-corrected chi connectivity index (χ4v) is 2.65. The first-order chi connectivity index (χ1) is 8.55. The van der Waals surface area contributed by atoms with Gasteiger partial charge in [0.15, 0.2) is 0 Å². The van der Waals surface area contributed by atoms with Gasteiger partial charge in [-0.3, -0.25) is 4.98 Å². The second-order valence-electron chi connectivity index (χ2n) is 6.13. The number of aryl methyl sites for hydroxylation is 2. The van der Waals surface area contributed by atoms with Crippen molar-refractivity contribution in [1.29, 1.82) is 0 Å². The molecule has 1 aromatic carbocycles. The maximum atomic E-state index is 4.55. The Labute approximate surface area is 109 Å². The summed E-state index contributed by atoms with van der Waals surface area (Å²) in [6, 6.07) is 11.1. The van der Waals surface area contributed by atoms with Crippen LogP contribution in [0.25, 0.3) is 11.3 Å². The van der Waals surface area contributed by atoms with Crippen molar-refractivity contribution in [3.63, 3.8) is 0 Å². The SMILES string of the molecule is CC(C)(C)c1ccc2c(c1)CCc1cccnc1-2. The van der Waals surface area contributed by atoms with Gasteiger partial charge in [-0.15, -0.1) is 0 Å². The van der Waals surface area contributed by atoms with Crippen LogP contribution in [0, 0.1) is 0 Å². The summed E-state index contributed by atoms with van der Waals surface area (Å²) in [5, 5.41) is 0. The van der Waals surface area contributed by atoms with E-state index in [1.54, 1.807) is 0 Å². The van der Waals surface area contributed by atoms with Crippen molar-refractivity contribution in [2.75, 3.05) is 0 Å². The van der Waals surface area contributed by atoms with E-state index in [0.717, 1.165) is 12.8 Å². The fourth-order valence-electron chi connectivity index (χ4n) is 2.65. The van der Waals surface area contributed by atoms with E-state index in [-0.39, 0.29) is 5.41 Å². The first kappa shape index (κ1) is 11.5. The first-order valence-electron chi connectivity index (χ1n) is 6.63. The molecule has 1 aromatic heterocycles. The molecule has 0 unspecified atom stereocenters. The molecule has 1 aliphatic carbocycles. The monoisotopic (exact) mass is 237 g/mol. The normalized spacial score (nSPS) is 13.9. The van der Waals surface area contributed by atoms with Crippen LogP contribution in [0.5, 0.6) is 0 Å². The number of fused-ring (bicyclic) bond motifs is 3. The van der Waals surface area contributed by atoms with Gasteiger partial charge >= 0.3 is 0 Å². The Morgan fingerprint density at radius 2 is 1.78 bits per heavy atom. The molecular weight excluding hydrogens is 218 g/mol. The molecule has 0 atom stereocenters. The molecular formula is C17H19N. The van der Waals surface area contributed by atoms with E-state index in [0.29, 0.717) is 0 Å². The zero-order valence-corrected chi connectivity index (χ0v) is 11.3. The average Bonchev–Trinajstić information content (AvgIpc) is 2.37. The number of rotatable bonds is 0. The van der Waals surface area contributed by atoms with Crippen LogP contribution in [-0.4, -0.2) is 4.98 Å². The Bertz CT molecular complexity index is 591. The minimum absolute atomic E-state index is 0.222. The molecule has 0 aliphatic heterocycles. The Balaban J connectivity index is 2.14. The highest BCUT2D eigenvalue weighted by molar-refractivity contribution is 5.70. The van der Waals surface area contributed by atoms with Crippen molar-refractivity contribution in [2.24, 2.45) is 0 Å². The molecule has 1 nitrogen and oxygen atoms in total. The quantitative estimate of drug-likeness (QED) is 0.671. The van der Waals surface area contributed by atoms with Gasteiger partial charge in [0.25, 0.3) is 0 Å². The van der Waals surface area contributed by atoms with Crippen LogP contribution in [0.3, 0.4) is 0 Å². The molecule has 18 heavy (non-hydrogen) atoms. The Kier molecular flexibility index (Phi) is 2.51. The van der Waals surface area contributed by atoms with Crippen molar-refractivity contribution in [1.82, 2.24) is 4.98 Å². The fraction of sp³-hybridized carbons (Fsp3) is 0.353. The van der Waals surface area contributed by atoms with Gasteiger partial charge in [-0.1, -0.05) is 45.0 Å². The highest BCUT2D eigenvalue weighted by Crippen LogP contribution is 2.34. The number of hydrogen-bond acceptors (Lipinski definition) is 1. The third-order valence-electron chi connectivity index (χ3n) is 3.78. The molecule has 0 saturated heterocycles. The summed E-state index contributed by atoms with van der Waals surface area (Å²) >= 11 is 0. The van der Waals surface area contributed by atoms with Crippen molar-refractivity contribution >= 4 is 0 Å². The molecule has 0 N–H and O–H groups in total. The summed E-state index contributed by atoms with van der Waals surface area (Å²) < 4.78 is 0. The van der Waals surface area contributed by atoms with Crippen LogP contribution in [0.1, 0.15) is 37.5 Å². The molecule has 92 valence electrons. The standard InChI is InChI=1S/C17H19N/c1-17(2,3)14-8-9-15-13(11-14)7-6-12-5-4-10-18-16(12)15/h4-5,8-11H,6-7H2,1-3H3. The Morgan fingerprint density at radius 3 is 2.56 bits per heavy atom. The van der Waals surface area contributed by atoms with E-state index < -0.39 is 0 Å². The minimum atomic E-state index is 0.222. The van der Waals surface area contributed by atoms with Gasteiger partial charge in [0, 0.05) is 11.8 Å². The van der Waals surface area contributed by atoms with Crippen molar-refractivity contribution < 1.29 is 0 Å². The summed E-state index contributed by atoms with van der Waals surface area (Å²) in [6.07, 6.45) is 4.15. The molecule has 1 heteroatoms. The van der Waals surface area contributed by atoms with E-state index >= 15 is 0 Å². The molecule has 0 amide bonds. The van der Waals surface area contributed by atoms with Crippen molar-refractivity contribution in [3.8, 4) is 11.3 Å². The lowest BCUT2D eigenvalue weighted by Gasteiger charge is -2.24. The molecule has 1 heterocycles. The van der Waals surface area contributed by atoms with E-state index in [1.165, 1.54) is 27.9 Å². The second-order valence-corrected chi connectivity index (χ2v) is 6.13. The average molecular weight is 237 g/mol. The smallest absolute Gasteiger partial charge is 0.0736 e. The van der Waals surface area contributed by atoms with Gasteiger partial charge in [-0.05, 0) is 41.0 Å². The molecule has 3 rings (SSSR count). The highest BCUT2D eigenvalue weighted by Gasteiger charge is 2.20. The number of benzene rings is 1. The maximum absolute atomic E-state index is 4.55. The Hall–Kier alpha value is -1.63. The van der Waals surface area contributed by atoms with E-state index in [2.05, 4.69) is 50.0 Å². The van der Waals surface area contributed by atoms with Gasteiger partial charge in [0.1, 0.15) is 0 Å². The summed E-state index contributed by atoms with van der Waals surface area (Å²) in [4.78, 5) is 4.55. The van der Waals surface area contributed by atoms with Gasteiger partial charge in [0.05, 0.1) is 5.69 Å². The largest absolute Gasteiger partial charge is 0.256 e. The second kappa shape index (κ2) is 3.94. The van der Waals surface area contributed by atoms with Crippen LogP contribution in [0.15, 0.2) is 36.5 Å². The zero-order valence-electron chi connectivity index (χ0n) is 11.3. The molecule has 0 fully saturated rings. The summed E-state index contributed by atoms with van der Waals surface area (Å²) in [6.45, 7) is 6.80. The molecule has 0 saturated carbocycles. The van der Waals surface area contributed by atoms with Crippen LogP contribution in [0.2, 0.25) is 0 Å². The lowest BCUT2D eigenvalue weighted by molar-refractivity contribution is 0.589. The lowest BCUT2D eigenvalue weighted by atomic mass is 9.81. The lowest BCUT2D eigenvalue weighted by Crippen LogP contribution is -2.13. The number of nitrogens with zero attached hydrogens (tertiary/aromatic N) is 1. The topological polar surface area (TPSA) is 12.9 Å². The van der Waals surface area contributed by atoms with Gasteiger partial charge in [-0.25, -0.2) is 0 Å². The van der Waals surface area contributed by atoms with Crippen molar-refractivity contribution in [3.05, 3.63) is 53.2 Å².